The van der Waals surface area contributed by atoms with Crippen molar-refractivity contribution >= 4 is 12.4 Å². The fraction of sp³-hybridized carbons (Fsp3) is 0.400. The second kappa shape index (κ2) is 19.4. The molecule has 2 atom stereocenters. The number of likely N-dealkylation sites (tertiary alicyclic amines) is 2. The van der Waals surface area contributed by atoms with Crippen molar-refractivity contribution in [2.75, 3.05) is 52.5 Å². The number of nitrogens with zero attached hydrogens (tertiary/aromatic N) is 2. The van der Waals surface area contributed by atoms with E-state index < -0.39 is 0 Å². The molecular formula is C50H59ClN2O2. The molecule has 288 valence electrons. The highest BCUT2D eigenvalue weighted by molar-refractivity contribution is 5.85. The summed E-state index contributed by atoms with van der Waals surface area (Å²) < 4.78 is 12.2. The minimum Gasteiger partial charge on any atom is -0.375 e. The molecule has 5 heteroatoms. The van der Waals surface area contributed by atoms with Crippen molar-refractivity contribution < 1.29 is 9.47 Å². The molecule has 2 fully saturated rings. The van der Waals surface area contributed by atoms with Crippen molar-refractivity contribution in [3.8, 4) is 0 Å². The highest BCUT2D eigenvalue weighted by Gasteiger charge is 2.39. The van der Waals surface area contributed by atoms with Gasteiger partial charge in [0.2, 0.25) is 0 Å². The topological polar surface area (TPSA) is 24.9 Å². The van der Waals surface area contributed by atoms with Gasteiger partial charge in [-0.3, -0.25) is 0 Å². The zero-order valence-electron chi connectivity index (χ0n) is 32.4. The molecule has 0 N–H and O–H groups in total. The predicted molar refractivity (Wildman–Crippen MR) is 228 cm³/mol. The van der Waals surface area contributed by atoms with Crippen molar-refractivity contribution in [1.29, 1.82) is 0 Å². The van der Waals surface area contributed by atoms with Gasteiger partial charge in [0.15, 0.2) is 0 Å². The molecule has 0 amide bonds. The lowest BCUT2D eigenvalue weighted by Gasteiger charge is -2.42. The number of benzene rings is 5. The van der Waals surface area contributed by atoms with Gasteiger partial charge in [0, 0.05) is 12.0 Å². The highest BCUT2D eigenvalue weighted by Crippen LogP contribution is 2.42. The summed E-state index contributed by atoms with van der Waals surface area (Å²) in [7, 11) is 0. The molecule has 5 aromatic rings. The van der Waals surface area contributed by atoms with E-state index in [0.717, 1.165) is 58.1 Å². The predicted octanol–water partition coefficient (Wildman–Crippen LogP) is 10.8. The molecule has 55 heavy (non-hydrogen) atoms. The van der Waals surface area contributed by atoms with Crippen LogP contribution in [0.3, 0.4) is 0 Å². The van der Waals surface area contributed by atoms with Crippen LogP contribution in [0.2, 0.25) is 0 Å². The van der Waals surface area contributed by atoms with Gasteiger partial charge in [-0.15, -0.1) is 12.4 Å². The highest BCUT2D eigenvalue weighted by atomic mass is 35.5. The molecule has 2 saturated heterocycles. The Morgan fingerprint density at radius 3 is 1.73 bits per heavy atom. The van der Waals surface area contributed by atoms with E-state index in [1.165, 1.54) is 90.8 Å². The van der Waals surface area contributed by atoms with E-state index in [0.29, 0.717) is 12.0 Å². The summed E-state index contributed by atoms with van der Waals surface area (Å²) in [6.07, 6.45) is 8.66. The van der Waals surface area contributed by atoms with Gasteiger partial charge in [-0.1, -0.05) is 140 Å². The summed E-state index contributed by atoms with van der Waals surface area (Å²) in [5, 5.41) is 0. The molecular weight excluding hydrogens is 696 g/mol. The second-order valence-corrected chi connectivity index (χ2v) is 16.0. The largest absolute Gasteiger partial charge is 0.375 e. The Labute approximate surface area is 336 Å². The third-order valence-corrected chi connectivity index (χ3v) is 12.8. The van der Waals surface area contributed by atoms with Crippen LogP contribution in [0, 0.1) is 0 Å². The lowest BCUT2D eigenvalue weighted by Crippen LogP contribution is -2.42. The number of halogens is 1. The minimum absolute atomic E-state index is 0. The third-order valence-electron chi connectivity index (χ3n) is 12.8. The number of hydrogen-bond donors (Lipinski definition) is 0. The van der Waals surface area contributed by atoms with Crippen molar-refractivity contribution in [2.45, 2.75) is 74.9 Å². The van der Waals surface area contributed by atoms with Crippen LogP contribution in [0.1, 0.15) is 95.4 Å². The van der Waals surface area contributed by atoms with Gasteiger partial charge in [0.25, 0.3) is 0 Å². The molecule has 9 rings (SSSR count). The second-order valence-electron chi connectivity index (χ2n) is 16.0. The lowest BCUT2D eigenvalue weighted by atomic mass is 9.70. The fourth-order valence-electron chi connectivity index (χ4n) is 9.67. The van der Waals surface area contributed by atoms with Gasteiger partial charge in [-0.2, -0.15) is 0 Å². The number of hydrogen-bond acceptors (Lipinski definition) is 4. The quantitative estimate of drug-likeness (QED) is 0.150. The maximum Gasteiger partial charge on any atom is 0.0839 e. The minimum atomic E-state index is -0.0492. The summed E-state index contributed by atoms with van der Waals surface area (Å²) in [5.74, 6) is 1.46. The molecule has 0 saturated carbocycles. The molecule has 2 unspecified atom stereocenters. The lowest BCUT2D eigenvalue weighted by molar-refractivity contribution is 0.0275. The normalized spacial score (nSPS) is 22.0. The Balaban J connectivity index is 0.000000170. The van der Waals surface area contributed by atoms with E-state index in [1.54, 1.807) is 0 Å². The fourth-order valence-corrected chi connectivity index (χ4v) is 9.67. The maximum atomic E-state index is 6.16. The van der Waals surface area contributed by atoms with E-state index in [-0.39, 0.29) is 17.8 Å². The zero-order chi connectivity index (χ0) is 36.4. The van der Waals surface area contributed by atoms with Crippen molar-refractivity contribution in [3.05, 3.63) is 178 Å². The first-order valence-corrected chi connectivity index (χ1v) is 20.7. The number of ether oxygens (including phenoxy) is 2. The Bertz CT molecular complexity index is 1870. The van der Waals surface area contributed by atoms with E-state index in [4.69, 9.17) is 9.47 Å². The van der Waals surface area contributed by atoms with Crippen LogP contribution in [0.25, 0.3) is 0 Å². The zero-order valence-corrected chi connectivity index (χ0v) is 33.3. The van der Waals surface area contributed by atoms with Gasteiger partial charge in [0.05, 0.1) is 25.9 Å². The summed E-state index contributed by atoms with van der Waals surface area (Å²) in [6, 6.07) is 50.8. The number of rotatable bonds is 9. The van der Waals surface area contributed by atoms with Crippen LogP contribution in [0.4, 0.5) is 0 Å². The standard InChI is InChI=1S/C28H31NO.C22H27NO.ClH/c1-3-9-23(10-4-1)24-15-18-29(19-16-24)20-17-28(26-12-5-2-6-13-26)22-30-21-25-11-7-8-14-27(25)28;1-2-6-18(7-3-1)19-10-14-23(15-11-19)16-12-22-21-9-5-4-8-20(21)13-17-24-22;/h1-14,24H,15-22H2;1-9,19,22H,10-17H2;1H. The van der Waals surface area contributed by atoms with Crippen LogP contribution in [0.5, 0.6) is 0 Å². The third kappa shape index (κ3) is 9.62. The van der Waals surface area contributed by atoms with Crippen molar-refractivity contribution in [1.82, 2.24) is 9.80 Å². The molecule has 0 aliphatic carbocycles. The van der Waals surface area contributed by atoms with Crippen LogP contribution in [0.15, 0.2) is 140 Å². The SMILES string of the molecule is Cl.c1ccc(C2CCN(CCC3(c4ccccc4)COCc4ccccc43)CC2)cc1.c1ccc(C2CCN(CCC3OCCc4ccccc43)CC2)cc1. The molecule has 0 radical (unpaired) electrons. The molecule has 4 aliphatic rings. The first kappa shape index (κ1) is 39.5. The van der Waals surface area contributed by atoms with Gasteiger partial charge in [-0.05, 0) is 128 Å². The average Bonchev–Trinajstić information content (AvgIpc) is 3.26. The summed E-state index contributed by atoms with van der Waals surface area (Å²) in [6.45, 7) is 9.45. The van der Waals surface area contributed by atoms with E-state index in [9.17, 15) is 0 Å². The smallest absolute Gasteiger partial charge is 0.0839 e. The van der Waals surface area contributed by atoms with Gasteiger partial charge in [0.1, 0.15) is 0 Å². The molecule has 0 spiro atoms. The first-order chi connectivity index (χ1) is 26.7. The first-order valence-electron chi connectivity index (χ1n) is 20.7. The van der Waals surface area contributed by atoms with Gasteiger partial charge >= 0.3 is 0 Å². The van der Waals surface area contributed by atoms with E-state index in [1.807, 2.05) is 0 Å². The molecule has 0 aromatic heterocycles. The summed E-state index contributed by atoms with van der Waals surface area (Å²) in [4.78, 5) is 5.29. The van der Waals surface area contributed by atoms with Crippen molar-refractivity contribution in [3.63, 3.8) is 0 Å². The Hall–Kier alpha value is -3.77. The van der Waals surface area contributed by atoms with Gasteiger partial charge < -0.3 is 19.3 Å². The van der Waals surface area contributed by atoms with Crippen LogP contribution < -0.4 is 0 Å². The number of piperidine rings is 2. The Kier molecular flexibility index (Phi) is 13.9. The van der Waals surface area contributed by atoms with Gasteiger partial charge in [-0.25, -0.2) is 0 Å². The maximum absolute atomic E-state index is 6.16. The summed E-state index contributed by atoms with van der Waals surface area (Å²) in [5.41, 5.74) is 10.1. The van der Waals surface area contributed by atoms with Crippen LogP contribution in [-0.4, -0.2) is 62.3 Å². The molecule has 0 bridgehead atoms. The molecule has 5 aromatic carbocycles. The van der Waals surface area contributed by atoms with Crippen LogP contribution in [-0.2, 0) is 27.9 Å². The van der Waals surface area contributed by atoms with E-state index in [2.05, 4.69) is 149 Å². The molecule has 4 nitrogen and oxygen atoms in total. The average molecular weight is 755 g/mol. The summed E-state index contributed by atoms with van der Waals surface area (Å²) >= 11 is 0. The number of fused-ring (bicyclic) bond motifs is 2. The molecule has 4 aliphatic heterocycles. The monoisotopic (exact) mass is 754 g/mol. The van der Waals surface area contributed by atoms with Crippen molar-refractivity contribution in [2.24, 2.45) is 0 Å². The Morgan fingerprint density at radius 1 is 0.564 bits per heavy atom. The molecule has 4 heterocycles. The van der Waals surface area contributed by atoms with E-state index >= 15 is 0 Å². The van der Waals surface area contributed by atoms with Crippen LogP contribution >= 0.6 is 12.4 Å². The Morgan fingerprint density at radius 2 is 1.09 bits per heavy atom.